The van der Waals surface area contributed by atoms with Gasteiger partial charge in [-0.2, -0.15) is 0 Å². The van der Waals surface area contributed by atoms with Crippen LogP contribution in [0.2, 0.25) is 0 Å². The van der Waals surface area contributed by atoms with Gasteiger partial charge in [-0.05, 0) is 51.7 Å². The van der Waals surface area contributed by atoms with Crippen molar-refractivity contribution in [2.45, 2.75) is 43.4 Å². The second-order valence-corrected chi connectivity index (χ2v) is 8.23. The van der Waals surface area contributed by atoms with Gasteiger partial charge < -0.3 is 19.6 Å². The lowest BCUT2D eigenvalue weighted by Crippen LogP contribution is -2.62. The predicted molar refractivity (Wildman–Crippen MR) is 90.9 cm³/mol. The molecule has 0 bridgehead atoms. The average Bonchev–Trinajstić information content (AvgIpc) is 3.04. The molecule has 128 valence electrons. The molecule has 0 radical (unpaired) electrons. The Morgan fingerprint density at radius 1 is 1.43 bits per heavy atom. The van der Waals surface area contributed by atoms with E-state index in [-0.39, 0.29) is 17.6 Å². The first-order chi connectivity index (χ1) is 10.8. The topological polar surface area (TPSA) is 53.0 Å². The standard InChI is InChI=1S/C17H26N2O3S/c1-16(21)12-22-17(11-14(16)18(2)3)6-8-19(9-7-17)15(20)13-5-4-10-23-13/h4-5,10,14,21H,6-9,11-12H2,1-3H3/t14-,16-/m0/s1. The number of amides is 1. The molecule has 0 aromatic carbocycles. The van der Waals surface area contributed by atoms with Crippen molar-refractivity contribution in [3.05, 3.63) is 22.4 Å². The number of thiophene rings is 1. The Bertz CT molecular complexity index is 548. The minimum atomic E-state index is -0.821. The van der Waals surface area contributed by atoms with Gasteiger partial charge in [-0.3, -0.25) is 4.79 Å². The van der Waals surface area contributed by atoms with Gasteiger partial charge in [-0.25, -0.2) is 0 Å². The number of hydrogen-bond donors (Lipinski definition) is 1. The molecule has 2 aliphatic rings. The van der Waals surface area contributed by atoms with Gasteiger partial charge in [0.25, 0.3) is 5.91 Å². The molecule has 6 heteroatoms. The van der Waals surface area contributed by atoms with E-state index >= 15 is 0 Å². The molecule has 3 heterocycles. The summed E-state index contributed by atoms with van der Waals surface area (Å²) in [5.41, 5.74) is -1.03. The van der Waals surface area contributed by atoms with Crippen molar-refractivity contribution in [1.82, 2.24) is 9.80 Å². The van der Waals surface area contributed by atoms with Crippen molar-refractivity contribution in [3.63, 3.8) is 0 Å². The Kier molecular flexibility index (Phi) is 4.53. The quantitative estimate of drug-likeness (QED) is 0.894. The summed E-state index contributed by atoms with van der Waals surface area (Å²) in [6, 6.07) is 3.88. The van der Waals surface area contributed by atoms with Crippen LogP contribution in [0, 0.1) is 0 Å². The lowest BCUT2D eigenvalue weighted by Gasteiger charge is -2.52. The van der Waals surface area contributed by atoms with Crippen molar-refractivity contribution < 1.29 is 14.6 Å². The van der Waals surface area contributed by atoms with Crippen molar-refractivity contribution >= 4 is 17.2 Å². The van der Waals surface area contributed by atoms with Crippen LogP contribution in [0.4, 0.5) is 0 Å². The molecule has 1 aromatic heterocycles. The SMILES string of the molecule is CN(C)[C@H]1CC2(CCN(C(=O)c3cccs3)CC2)OC[C@]1(C)O. The third-order valence-corrected chi connectivity index (χ3v) is 6.13. The lowest BCUT2D eigenvalue weighted by atomic mass is 9.77. The molecule has 3 rings (SSSR count). The second kappa shape index (κ2) is 6.16. The van der Waals surface area contributed by atoms with Crippen LogP contribution < -0.4 is 0 Å². The number of piperidine rings is 1. The summed E-state index contributed by atoms with van der Waals surface area (Å²) in [4.78, 5) is 17.3. The van der Waals surface area contributed by atoms with Crippen LogP contribution in [-0.2, 0) is 4.74 Å². The third-order valence-electron chi connectivity index (χ3n) is 5.27. The fourth-order valence-corrected chi connectivity index (χ4v) is 4.48. The molecular weight excluding hydrogens is 312 g/mol. The highest BCUT2D eigenvalue weighted by molar-refractivity contribution is 7.12. The molecule has 2 fully saturated rings. The highest BCUT2D eigenvalue weighted by Crippen LogP contribution is 2.40. The van der Waals surface area contributed by atoms with Crippen molar-refractivity contribution in [1.29, 1.82) is 0 Å². The zero-order valence-electron chi connectivity index (χ0n) is 14.1. The maximum absolute atomic E-state index is 12.5. The monoisotopic (exact) mass is 338 g/mol. The summed E-state index contributed by atoms with van der Waals surface area (Å²) in [6.45, 7) is 3.65. The maximum Gasteiger partial charge on any atom is 0.263 e. The zero-order valence-corrected chi connectivity index (χ0v) is 14.9. The smallest absolute Gasteiger partial charge is 0.263 e. The molecule has 0 aliphatic carbocycles. The molecule has 1 aromatic rings. The van der Waals surface area contributed by atoms with Crippen molar-refractivity contribution in [2.75, 3.05) is 33.8 Å². The predicted octanol–water partition coefficient (Wildman–Crippen LogP) is 1.82. The fourth-order valence-electron chi connectivity index (χ4n) is 3.79. The van der Waals surface area contributed by atoms with E-state index in [1.807, 2.05) is 43.4 Å². The summed E-state index contributed by atoms with van der Waals surface area (Å²) < 4.78 is 6.11. The van der Waals surface area contributed by atoms with Gasteiger partial charge in [-0.1, -0.05) is 6.07 Å². The van der Waals surface area contributed by atoms with Crippen LogP contribution in [0.3, 0.4) is 0 Å². The fraction of sp³-hybridized carbons (Fsp3) is 0.706. The number of likely N-dealkylation sites (N-methyl/N-ethyl adjacent to an activating group) is 1. The lowest BCUT2D eigenvalue weighted by molar-refractivity contribution is -0.205. The van der Waals surface area contributed by atoms with Crippen molar-refractivity contribution in [3.8, 4) is 0 Å². The molecule has 23 heavy (non-hydrogen) atoms. The van der Waals surface area contributed by atoms with Crippen LogP contribution in [0.15, 0.2) is 17.5 Å². The first kappa shape index (κ1) is 16.9. The van der Waals surface area contributed by atoms with Gasteiger partial charge in [0.1, 0.15) is 5.60 Å². The van der Waals surface area contributed by atoms with E-state index in [2.05, 4.69) is 4.90 Å². The second-order valence-electron chi connectivity index (χ2n) is 7.28. The Morgan fingerprint density at radius 3 is 2.70 bits per heavy atom. The number of hydrogen-bond acceptors (Lipinski definition) is 5. The molecule has 2 atom stereocenters. The van der Waals surface area contributed by atoms with Gasteiger partial charge >= 0.3 is 0 Å². The zero-order chi connectivity index (χ0) is 16.7. The molecular formula is C17H26N2O3S. The first-order valence-corrected chi connectivity index (χ1v) is 9.07. The molecule has 1 spiro atoms. The third kappa shape index (κ3) is 3.31. The van der Waals surface area contributed by atoms with Crippen LogP contribution >= 0.6 is 11.3 Å². The Hall–Kier alpha value is -0.950. The first-order valence-electron chi connectivity index (χ1n) is 8.19. The van der Waals surface area contributed by atoms with E-state index in [9.17, 15) is 9.90 Å². The molecule has 2 aliphatic heterocycles. The van der Waals surface area contributed by atoms with E-state index in [0.717, 1.165) is 37.2 Å². The molecule has 0 unspecified atom stereocenters. The van der Waals surface area contributed by atoms with Crippen LogP contribution in [0.1, 0.15) is 35.9 Å². The number of ether oxygens (including phenoxy) is 1. The summed E-state index contributed by atoms with van der Waals surface area (Å²) in [5, 5.41) is 12.5. The summed E-state index contributed by atoms with van der Waals surface area (Å²) in [7, 11) is 4.02. The summed E-state index contributed by atoms with van der Waals surface area (Å²) >= 11 is 1.49. The molecule has 1 amide bonds. The minimum Gasteiger partial charge on any atom is -0.386 e. The molecule has 2 saturated heterocycles. The van der Waals surface area contributed by atoms with Gasteiger partial charge in [0.2, 0.25) is 0 Å². The number of likely N-dealkylation sites (tertiary alicyclic amines) is 1. The van der Waals surface area contributed by atoms with E-state index in [0.29, 0.717) is 6.61 Å². The Balaban J connectivity index is 1.65. The number of carbonyl (C=O) groups is 1. The minimum absolute atomic E-state index is 0.0794. The van der Waals surface area contributed by atoms with Crippen LogP contribution in [0.25, 0.3) is 0 Å². The molecule has 1 N–H and O–H groups in total. The average molecular weight is 338 g/mol. The normalized spacial score (nSPS) is 30.8. The van der Waals surface area contributed by atoms with Gasteiger partial charge in [0, 0.05) is 19.1 Å². The molecule has 5 nitrogen and oxygen atoms in total. The number of aliphatic hydroxyl groups is 1. The summed E-state index contributed by atoms with van der Waals surface area (Å²) in [5.74, 6) is 0.127. The Morgan fingerprint density at radius 2 is 2.13 bits per heavy atom. The van der Waals surface area contributed by atoms with Crippen LogP contribution in [-0.4, -0.2) is 71.8 Å². The largest absolute Gasteiger partial charge is 0.386 e. The number of carbonyl (C=O) groups excluding carboxylic acids is 1. The summed E-state index contributed by atoms with van der Waals surface area (Å²) in [6.07, 6.45) is 2.49. The van der Waals surface area contributed by atoms with E-state index < -0.39 is 5.60 Å². The highest BCUT2D eigenvalue weighted by atomic mass is 32.1. The van der Waals surface area contributed by atoms with Crippen molar-refractivity contribution in [2.24, 2.45) is 0 Å². The van der Waals surface area contributed by atoms with E-state index in [4.69, 9.17) is 4.74 Å². The molecule has 0 saturated carbocycles. The van der Waals surface area contributed by atoms with Gasteiger partial charge in [0.15, 0.2) is 0 Å². The van der Waals surface area contributed by atoms with Gasteiger partial charge in [0.05, 0.1) is 17.1 Å². The number of rotatable bonds is 2. The Labute approximate surface area is 141 Å². The highest BCUT2D eigenvalue weighted by Gasteiger charge is 2.49. The van der Waals surface area contributed by atoms with E-state index in [1.54, 1.807) is 0 Å². The maximum atomic E-state index is 12.5. The van der Waals surface area contributed by atoms with E-state index in [1.165, 1.54) is 11.3 Å². The van der Waals surface area contributed by atoms with Gasteiger partial charge in [-0.15, -0.1) is 11.3 Å². The van der Waals surface area contributed by atoms with Crippen LogP contribution in [0.5, 0.6) is 0 Å². The number of nitrogens with zero attached hydrogens (tertiary/aromatic N) is 2.